The molecule has 0 aliphatic rings. The molecule has 0 fully saturated rings. The lowest BCUT2D eigenvalue weighted by Crippen LogP contribution is -3.00. The zero-order valence-corrected chi connectivity index (χ0v) is 9.43. The van der Waals surface area contributed by atoms with Crippen LogP contribution in [0.4, 0.5) is 0 Å². The third-order valence-corrected chi connectivity index (χ3v) is 1.29. The van der Waals surface area contributed by atoms with Gasteiger partial charge in [0, 0.05) is 7.11 Å². The fourth-order valence-electron chi connectivity index (χ4n) is 0.593. The van der Waals surface area contributed by atoms with Gasteiger partial charge in [0.1, 0.15) is 19.8 Å². The van der Waals surface area contributed by atoms with Crippen LogP contribution >= 0.6 is 0 Å². The first-order valence-electron chi connectivity index (χ1n) is 3.91. The molecule has 5 heteroatoms. The number of rotatable bonds is 5. The van der Waals surface area contributed by atoms with Crippen LogP contribution in [0.3, 0.4) is 0 Å². The second-order valence-electron chi connectivity index (χ2n) is 3.67. The predicted molar refractivity (Wildman–Crippen MR) is 45.7 cm³/mol. The molecule has 13 heavy (non-hydrogen) atoms. The quantitative estimate of drug-likeness (QED) is 0.357. The van der Waals surface area contributed by atoms with Crippen molar-refractivity contribution in [3.05, 3.63) is 0 Å². The number of likely N-dealkylation sites (N-methyl/N-ethyl adjacent to an activating group) is 1. The van der Waals surface area contributed by atoms with Gasteiger partial charge in [-0.3, -0.25) is 0 Å². The number of hydrogen-bond acceptors (Lipinski definition) is 3. The molecule has 0 aromatic rings. The van der Waals surface area contributed by atoms with Crippen molar-refractivity contribution in [2.75, 3.05) is 48.0 Å². The van der Waals surface area contributed by atoms with Crippen LogP contribution in [-0.4, -0.2) is 58.5 Å². The SMILES string of the molecule is COCC(=O)OCC[N+](C)(C)C.[Cl-]. The van der Waals surface area contributed by atoms with E-state index in [2.05, 4.69) is 4.74 Å². The predicted octanol–water partition coefficient (Wildman–Crippen LogP) is -3.11. The first-order chi connectivity index (χ1) is 5.45. The lowest BCUT2D eigenvalue weighted by molar-refractivity contribution is -0.870. The molecule has 0 aliphatic heterocycles. The van der Waals surface area contributed by atoms with Crippen LogP contribution in [-0.2, 0) is 14.3 Å². The standard InChI is InChI=1S/C8H18NO3.ClH/c1-9(2,3)5-6-12-8(10)7-11-4;/h5-7H2,1-4H3;1H/q+1;/p-1. The maximum atomic E-state index is 10.8. The molecular weight excluding hydrogens is 194 g/mol. The number of carbonyl (C=O) groups excluding carboxylic acids is 1. The highest BCUT2D eigenvalue weighted by Crippen LogP contribution is 1.89. The summed E-state index contributed by atoms with van der Waals surface area (Å²) in [6.45, 7) is 1.30. The molecule has 0 unspecified atom stereocenters. The molecule has 4 nitrogen and oxygen atoms in total. The van der Waals surface area contributed by atoms with Crippen LogP contribution < -0.4 is 12.4 Å². The Morgan fingerprint density at radius 2 is 1.85 bits per heavy atom. The van der Waals surface area contributed by atoms with E-state index in [0.29, 0.717) is 6.61 Å². The molecule has 0 bridgehead atoms. The molecule has 0 radical (unpaired) electrons. The number of halogens is 1. The van der Waals surface area contributed by atoms with Crippen molar-refractivity contribution in [3.8, 4) is 0 Å². The summed E-state index contributed by atoms with van der Waals surface area (Å²) in [5.41, 5.74) is 0. The van der Waals surface area contributed by atoms with Gasteiger partial charge in [-0.25, -0.2) is 4.79 Å². The van der Waals surface area contributed by atoms with E-state index < -0.39 is 0 Å². The molecule has 0 aromatic carbocycles. The van der Waals surface area contributed by atoms with Gasteiger partial charge < -0.3 is 26.4 Å². The topological polar surface area (TPSA) is 35.5 Å². The molecule has 0 aliphatic carbocycles. The van der Waals surface area contributed by atoms with Crippen LogP contribution in [0.15, 0.2) is 0 Å². The maximum Gasteiger partial charge on any atom is 0.332 e. The average molecular weight is 212 g/mol. The third kappa shape index (κ3) is 11.7. The Morgan fingerprint density at radius 3 is 2.23 bits per heavy atom. The highest BCUT2D eigenvalue weighted by atomic mass is 35.5. The Hall–Kier alpha value is -0.320. The number of methoxy groups -OCH3 is 1. The number of nitrogens with zero attached hydrogens (tertiary/aromatic N) is 1. The summed E-state index contributed by atoms with van der Waals surface area (Å²) in [7, 11) is 7.61. The minimum atomic E-state index is -0.300. The smallest absolute Gasteiger partial charge is 0.332 e. The van der Waals surface area contributed by atoms with Crippen molar-refractivity contribution in [2.45, 2.75) is 0 Å². The van der Waals surface area contributed by atoms with E-state index >= 15 is 0 Å². The largest absolute Gasteiger partial charge is 1.00 e. The summed E-state index contributed by atoms with van der Waals surface area (Å²) >= 11 is 0. The van der Waals surface area contributed by atoms with E-state index in [0.717, 1.165) is 11.0 Å². The lowest BCUT2D eigenvalue weighted by atomic mass is 10.5. The molecule has 80 valence electrons. The summed E-state index contributed by atoms with van der Waals surface area (Å²) in [6.07, 6.45) is 0. The minimum absolute atomic E-state index is 0. The monoisotopic (exact) mass is 211 g/mol. The normalized spacial score (nSPS) is 10.5. The van der Waals surface area contributed by atoms with Crippen molar-refractivity contribution >= 4 is 5.97 Å². The molecule has 0 saturated heterocycles. The average Bonchev–Trinajstić information content (AvgIpc) is 1.84. The molecule has 0 spiro atoms. The Bertz CT molecular complexity index is 145. The number of carbonyl (C=O) groups is 1. The zero-order valence-electron chi connectivity index (χ0n) is 8.67. The van der Waals surface area contributed by atoms with Crippen LogP contribution in [0.1, 0.15) is 0 Å². The Kier molecular flexibility index (Phi) is 8.30. The van der Waals surface area contributed by atoms with E-state index in [1.807, 2.05) is 21.1 Å². The molecule has 0 aromatic heterocycles. The summed E-state index contributed by atoms with van der Waals surface area (Å²) in [5, 5.41) is 0. The molecule has 0 N–H and O–H groups in total. The third-order valence-electron chi connectivity index (χ3n) is 1.29. The van der Waals surface area contributed by atoms with E-state index in [9.17, 15) is 4.79 Å². The van der Waals surface area contributed by atoms with Crippen molar-refractivity contribution in [2.24, 2.45) is 0 Å². The second kappa shape index (κ2) is 7.12. The van der Waals surface area contributed by atoms with Gasteiger partial charge in [0.05, 0.1) is 21.1 Å². The van der Waals surface area contributed by atoms with E-state index in [1.165, 1.54) is 7.11 Å². The zero-order chi connectivity index (χ0) is 9.61. The summed E-state index contributed by atoms with van der Waals surface area (Å²) in [6, 6.07) is 0. The second-order valence-corrected chi connectivity index (χ2v) is 3.67. The Labute approximate surface area is 85.8 Å². The van der Waals surface area contributed by atoms with E-state index in [-0.39, 0.29) is 25.0 Å². The number of ether oxygens (including phenoxy) is 2. The van der Waals surface area contributed by atoms with Crippen LogP contribution in [0.5, 0.6) is 0 Å². The van der Waals surface area contributed by atoms with Gasteiger partial charge >= 0.3 is 5.97 Å². The van der Waals surface area contributed by atoms with Crippen molar-refractivity contribution in [3.63, 3.8) is 0 Å². The number of quaternary nitrogens is 1. The van der Waals surface area contributed by atoms with Gasteiger partial charge in [0.2, 0.25) is 0 Å². The molecule has 0 amide bonds. The molecule has 0 rings (SSSR count). The Balaban J connectivity index is 0. The number of esters is 1. The van der Waals surface area contributed by atoms with Crippen molar-refractivity contribution in [1.29, 1.82) is 0 Å². The van der Waals surface area contributed by atoms with Crippen LogP contribution in [0.2, 0.25) is 0 Å². The molecule has 0 heterocycles. The van der Waals surface area contributed by atoms with Crippen molar-refractivity contribution in [1.82, 2.24) is 0 Å². The minimum Gasteiger partial charge on any atom is -1.00 e. The van der Waals surface area contributed by atoms with Crippen LogP contribution in [0, 0.1) is 0 Å². The van der Waals surface area contributed by atoms with Crippen LogP contribution in [0.25, 0.3) is 0 Å². The first-order valence-corrected chi connectivity index (χ1v) is 3.91. The summed E-state index contributed by atoms with van der Waals surface area (Å²) < 4.78 is 10.3. The van der Waals surface area contributed by atoms with Gasteiger partial charge in [-0.05, 0) is 0 Å². The summed E-state index contributed by atoms with van der Waals surface area (Å²) in [4.78, 5) is 10.8. The van der Waals surface area contributed by atoms with Crippen molar-refractivity contribution < 1.29 is 31.2 Å². The number of hydrogen-bond donors (Lipinski definition) is 0. The highest BCUT2D eigenvalue weighted by Gasteiger charge is 2.08. The van der Waals surface area contributed by atoms with E-state index in [1.54, 1.807) is 0 Å². The fourth-order valence-corrected chi connectivity index (χ4v) is 0.593. The molecule has 0 atom stereocenters. The van der Waals surface area contributed by atoms with E-state index in [4.69, 9.17) is 4.74 Å². The molecule has 0 saturated carbocycles. The molecular formula is C8H18ClNO3. The Morgan fingerprint density at radius 1 is 1.31 bits per heavy atom. The van der Waals surface area contributed by atoms with Gasteiger partial charge in [-0.15, -0.1) is 0 Å². The van der Waals surface area contributed by atoms with Gasteiger partial charge in [-0.1, -0.05) is 0 Å². The lowest BCUT2D eigenvalue weighted by Gasteiger charge is -2.23. The highest BCUT2D eigenvalue weighted by molar-refractivity contribution is 5.70. The summed E-state index contributed by atoms with van der Waals surface area (Å²) in [5.74, 6) is -0.300. The maximum absolute atomic E-state index is 10.8. The fraction of sp³-hybridized carbons (Fsp3) is 0.875. The van der Waals surface area contributed by atoms with Gasteiger partial charge in [0.15, 0.2) is 0 Å². The van der Waals surface area contributed by atoms with Gasteiger partial charge in [0.25, 0.3) is 0 Å². The van der Waals surface area contributed by atoms with Gasteiger partial charge in [-0.2, -0.15) is 0 Å². The first kappa shape index (κ1) is 15.2.